The Labute approximate surface area is 205 Å². The van der Waals surface area contributed by atoms with E-state index in [4.69, 9.17) is 4.74 Å². The third kappa shape index (κ3) is 3.83. The summed E-state index contributed by atoms with van der Waals surface area (Å²) < 4.78 is 104. The highest BCUT2D eigenvalue weighted by atomic mass is 19.4. The molecule has 2 atom stereocenters. The van der Waals surface area contributed by atoms with Gasteiger partial charge < -0.3 is 9.84 Å². The van der Waals surface area contributed by atoms with E-state index in [9.17, 15) is 27.1 Å². The number of hydrogen-bond acceptors (Lipinski definition) is 6. The monoisotopic (exact) mass is 531 g/mol. The highest BCUT2D eigenvalue weighted by Crippen LogP contribution is 2.80. The largest absolute Gasteiger partial charge is 0.480 e. The van der Waals surface area contributed by atoms with Crippen LogP contribution in [0.5, 0.6) is 5.75 Å². The van der Waals surface area contributed by atoms with E-state index in [0.29, 0.717) is 11.8 Å². The Hall–Kier alpha value is -3.29. The van der Waals surface area contributed by atoms with Gasteiger partial charge in [0.25, 0.3) is 5.92 Å². The molecule has 0 spiro atoms. The van der Waals surface area contributed by atoms with Crippen molar-refractivity contribution in [3.05, 3.63) is 65.7 Å². The van der Waals surface area contributed by atoms with Crippen molar-refractivity contribution in [3.63, 3.8) is 0 Å². The lowest BCUT2D eigenvalue weighted by Gasteiger charge is -2.73. The van der Waals surface area contributed by atoms with Gasteiger partial charge in [-0.2, -0.15) is 13.2 Å². The Morgan fingerprint density at radius 1 is 1.08 bits per heavy atom. The molecule has 1 aromatic carbocycles. The maximum atomic E-state index is 16.2. The fourth-order valence-corrected chi connectivity index (χ4v) is 5.53. The molecule has 0 radical (unpaired) electrons. The maximum absolute atomic E-state index is 16.2. The molecule has 0 saturated heterocycles. The highest BCUT2D eigenvalue weighted by molar-refractivity contribution is 5.41. The quantitative estimate of drug-likeness (QED) is 0.436. The van der Waals surface area contributed by atoms with Gasteiger partial charge in [0.15, 0.2) is 11.7 Å². The van der Waals surface area contributed by atoms with Crippen LogP contribution in [-0.2, 0) is 17.6 Å². The summed E-state index contributed by atoms with van der Waals surface area (Å²) in [7, 11) is 0. The van der Waals surface area contributed by atoms with Gasteiger partial charge in [-0.1, -0.05) is 0 Å². The molecule has 3 aliphatic carbocycles. The van der Waals surface area contributed by atoms with Crippen molar-refractivity contribution in [2.75, 3.05) is 0 Å². The smallest absolute Gasteiger partial charge is 0.425 e. The number of pyridine rings is 1. The minimum atomic E-state index is -4.56. The third-order valence-electron chi connectivity index (χ3n) is 7.43. The SMILES string of the molecule is C[C@@H](Oc1ccc(C23CC(C(F)(F)[C@@](O)(Cn4cnnn4)c4ccc(F)cc4F)(C2)C3)nc1)C(F)(F)F. The van der Waals surface area contributed by atoms with Crippen LogP contribution < -0.4 is 4.74 Å². The molecule has 3 saturated carbocycles. The molecule has 198 valence electrons. The van der Waals surface area contributed by atoms with Gasteiger partial charge in [-0.05, 0) is 60.9 Å². The number of alkyl halides is 5. The van der Waals surface area contributed by atoms with E-state index >= 15 is 8.78 Å². The summed E-state index contributed by atoms with van der Waals surface area (Å²) in [6, 6.07) is 4.67. The van der Waals surface area contributed by atoms with Crippen LogP contribution in [0, 0.1) is 17.0 Å². The second kappa shape index (κ2) is 8.10. The van der Waals surface area contributed by atoms with Crippen LogP contribution in [0.2, 0.25) is 0 Å². The molecule has 2 heterocycles. The van der Waals surface area contributed by atoms with E-state index in [1.54, 1.807) is 0 Å². The number of benzene rings is 1. The Bertz CT molecular complexity index is 1280. The topological polar surface area (TPSA) is 86.0 Å². The van der Waals surface area contributed by atoms with Crippen molar-refractivity contribution in [1.29, 1.82) is 0 Å². The molecule has 37 heavy (non-hydrogen) atoms. The summed E-state index contributed by atoms with van der Waals surface area (Å²) in [5.74, 6) is -6.37. The summed E-state index contributed by atoms with van der Waals surface area (Å²) in [4.78, 5) is 4.13. The van der Waals surface area contributed by atoms with Crippen LogP contribution >= 0.6 is 0 Å². The summed E-state index contributed by atoms with van der Waals surface area (Å²) in [6.45, 7) is -0.0483. The second-order valence-corrected chi connectivity index (χ2v) is 9.84. The average Bonchev–Trinajstić information content (AvgIpc) is 3.24. The van der Waals surface area contributed by atoms with Gasteiger partial charge in [-0.3, -0.25) is 4.98 Å². The van der Waals surface area contributed by atoms with Crippen molar-refractivity contribution >= 4 is 0 Å². The summed E-state index contributed by atoms with van der Waals surface area (Å²) >= 11 is 0. The second-order valence-electron chi connectivity index (χ2n) is 9.84. The van der Waals surface area contributed by atoms with Gasteiger partial charge in [-0.25, -0.2) is 22.2 Å². The Kier molecular flexibility index (Phi) is 5.55. The number of hydrogen-bond donors (Lipinski definition) is 1. The molecule has 0 aliphatic heterocycles. The molecule has 2 bridgehead atoms. The molecule has 7 nitrogen and oxygen atoms in total. The number of ether oxygens (including phenoxy) is 1. The van der Waals surface area contributed by atoms with Crippen LogP contribution in [0.3, 0.4) is 0 Å². The van der Waals surface area contributed by atoms with Crippen molar-refractivity contribution in [2.45, 2.75) is 61.9 Å². The molecular formula is C23H20F7N5O2. The molecular weight excluding hydrogens is 511 g/mol. The fraction of sp³-hybridized carbons (Fsp3) is 0.478. The Balaban J connectivity index is 1.39. The van der Waals surface area contributed by atoms with Gasteiger partial charge in [0.1, 0.15) is 23.7 Å². The predicted octanol–water partition coefficient (Wildman–Crippen LogP) is 4.32. The zero-order chi connectivity index (χ0) is 26.9. The Morgan fingerprint density at radius 2 is 1.78 bits per heavy atom. The summed E-state index contributed by atoms with van der Waals surface area (Å²) in [6.07, 6.45) is -4.86. The van der Waals surface area contributed by atoms with E-state index < -0.39 is 58.4 Å². The number of tetrazole rings is 1. The maximum Gasteiger partial charge on any atom is 0.425 e. The number of aliphatic hydroxyl groups is 1. The van der Waals surface area contributed by atoms with Crippen molar-refractivity contribution in [2.24, 2.45) is 5.41 Å². The fourth-order valence-electron chi connectivity index (χ4n) is 5.53. The van der Waals surface area contributed by atoms with Crippen LogP contribution in [0.1, 0.15) is 37.4 Å². The number of halogens is 7. The average molecular weight is 531 g/mol. The van der Waals surface area contributed by atoms with Crippen molar-refractivity contribution in [1.82, 2.24) is 25.2 Å². The molecule has 2 aromatic heterocycles. The molecule has 3 aromatic rings. The minimum Gasteiger partial charge on any atom is -0.480 e. The van der Waals surface area contributed by atoms with Crippen molar-refractivity contribution in [3.8, 4) is 5.75 Å². The first-order chi connectivity index (χ1) is 17.2. The van der Waals surface area contributed by atoms with Gasteiger partial charge in [0.05, 0.1) is 12.7 Å². The lowest BCUT2D eigenvalue weighted by atomic mass is 9.31. The van der Waals surface area contributed by atoms with E-state index in [1.165, 1.54) is 12.1 Å². The van der Waals surface area contributed by atoms with Crippen LogP contribution in [0.15, 0.2) is 42.9 Å². The van der Waals surface area contributed by atoms with Gasteiger partial charge in [0, 0.05) is 28.2 Å². The van der Waals surface area contributed by atoms with E-state index in [-0.39, 0.29) is 25.0 Å². The van der Waals surface area contributed by atoms with E-state index in [1.807, 2.05) is 0 Å². The third-order valence-corrected chi connectivity index (χ3v) is 7.43. The molecule has 6 rings (SSSR count). The highest BCUT2D eigenvalue weighted by Gasteiger charge is 2.82. The molecule has 0 amide bonds. The first-order valence-electron chi connectivity index (χ1n) is 11.2. The van der Waals surface area contributed by atoms with Crippen LogP contribution in [-0.4, -0.2) is 48.5 Å². The normalized spacial score (nSPS) is 25.5. The summed E-state index contributed by atoms with van der Waals surface area (Å²) in [5.41, 5.74) is -6.01. The van der Waals surface area contributed by atoms with Gasteiger partial charge >= 0.3 is 6.18 Å². The molecule has 3 aliphatic rings. The molecule has 3 fully saturated rings. The Morgan fingerprint density at radius 3 is 2.32 bits per heavy atom. The first kappa shape index (κ1) is 25.4. The molecule has 14 heteroatoms. The zero-order valence-electron chi connectivity index (χ0n) is 19.2. The predicted molar refractivity (Wildman–Crippen MR) is 111 cm³/mol. The molecule has 0 unspecified atom stereocenters. The molecule has 1 N–H and O–H groups in total. The van der Waals surface area contributed by atoms with Gasteiger partial charge in [0.2, 0.25) is 0 Å². The minimum absolute atomic E-state index is 0.111. The zero-order valence-corrected chi connectivity index (χ0v) is 19.2. The van der Waals surface area contributed by atoms with Gasteiger partial charge in [-0.15, -0.1) is 5.10 Å². The first-order valence-corrected chi connectivity index (χ1v) is 11.2. The van der Waals surface area contributed by atoms with Crippen molar-refractivity contribution < 1.29 is 40.6 Å². The number of rotatable bonds is 8. The lowest BCUT2D eigenvalue weighted by molar-refractivity contribution is -0.348. The summed E-state index contributed by atoms with van der Waals surface area (Å²) in [5, 5.41) is 21.6. The van der Waals surface area contributed by atoms with E-state index in [0.717, 1.165) is 36.3 Å². The van der Waals surface area contributed by atoms with Crippen LogP contribution in [0.4, 0.5) is 30.7 Å². The number of aromatic nitrogens is 5. The van der Waals surface area contributed by atoms with Crippen LogP contribution in [0.25, 0.3) is 0 Å². The van der Waals surface area contributed by atoms with E-state index in [2.05, 4.69) is 20.5 Å². The lowest BCUT2D eigenvalue weighted by Crippen LogP contribution is -2.76. The number of nitrogens with zero attached hydrogens (tertiary/aromatic N) is 5. The standard InChI is InChI=1S/C23H20F7N5O2/c1-13(22(26,27)28)37-15-3-5-18(31-7-15)19-8-20(9-19,10-19)23(29,30)21(36,11-35-12-32-33-34-35)16-4-2-14(24)6-17(16)25/h2-7,12-13,36H,8-11H2,1H3/t13-,19?,20?,21-/m1/s1.